The number of amides is 1. The summed E-state index contributed by atoms with van der Waals surface area (Å²) in [6.45, 7) is 4.44. The first-order chi connectivity index (χ1) is 12.6. The Balaban J connectivity index is 1.45. The van der Waals surface area contributed by atoms with Crippen LogP contribution in [-0.4, -0.2) is 53.0 Å². The third-order valence-electron chi connectivity index (χ3n) is 5.27. The smallest absolute Gasteiger partial charge is 0.261 e. The molecule has 2 saturated heterocycles. The van der Waals surface area contributed by atoms with Crippen LogP contribution in [0, 0.1) is 12.8 Å². The normalized spacial score (nSPS) is 19.3. The lowest BCUT2D eigenvalue weighted by Crippen LogP contribution is -2.44. The van der Waals surface area contributed by atoms with Gasteiger partial charge in [-0.1, -0.05) is 12.1 Å². The average molecular weight is 357 g/mol. The van der Waals surface area contributed by atoms with Crippen LogP contribution in [0.1, 0.15) is 18.7 Å². The van der Waals surface area contributed by atoms with Gasteiger partial charge in [0.2, 0.25) is 5.91 Å². The summed E-state index contributed by atoms with van der Waals surface area (Å²) in [5.74, 6) is 0.858. The summed E-state index contributed by atoms with van der Waals surface area (Å²) in [4.78, 5) is 31.7. The Labute approximate surface area is 151 Å². The number of fused-ring (bicyclic) bond motifs is 1. The third-order valence-corrected chi connectivity index (χ3v) is 5.27. The van der Waals surface area contributed by atoms with Crippen molar-refractivity contribution in [1.82, 2.24) is 14.5 Å². The SMILES string of the molecule is Cc1nc2ccccc2c(=O)n1CC(=O)N1CCC(C2OCCO2)CC1. The highest BCUT2D eigenvalue weighted by molar-refractivity contribution is 5.79. The number of nitrogens with zero attached hydrogens (tertiary/aromatic N) is 3. The van der Waals surface area contributed by atoms with Crippen molar-refractivity contribution in [3.8, 4) is 0 Å². The minimum Gasteiger partial charge on any atom is -0.350 e. The Morgan fingerprint density at radius 1 is 1.19 bits per heavy atom. The predicted molar refractivity (Wildman–Crippen MR) is 95.7 cm³/mol. The number of piperidine rings is 1. The van der Waals surface area contributed by atoms with Gasteiger partial charge in [-0.2, -0.15) is 0 Å². The maximum atomic E-state index is 12.7. The van der Waals surface area contributed by atoms with Crippen LogP contribution in [-0.2, 0) is 20.8 Å². The van der Waals surface area contributed by atoms with Gasteiger partial charge in [-0.3, -0.25) is 14.2 Å². The average Bonchev–Trinajstić information content (AvgIpc) is 3.20. The molecule has 0 aliphatic carbocycles. The van der Waals surface area contributed by atoms with Crippen molar-refractivity contribution in [2.75, 3.05) is 26.3 Å². The largest absolute Gasteiger partial charge is 0.350 e. The highest BCUT2D eigenvalue weighted by Gasteiger charge is 2.31. The molecule has 2 aliphatic rings. The number of likely N-dealkylation sites (tertiary alicyclic amines) is 1. The van der Waals surface area contributed by atoms with E-state index in [4.69, 9.17) is 9.47 Å². The molecule has 0 radical (unpaired) electrons. The molecule has 3 heterocycles. The monoisotopic (exact) mass is 357 g/mol. The van der Waals surface area contributed by atoms with E-state index >= 15 is 0 Å². The van der Waals surface area contributed by atoms with E-state index in [1.54, 1.807) is 13.0 Å². The summed E-state index contributed by atoms with van der Waals surface area (Å²) in [5, 5.41) is 0.542. The van der Waals surface area contributed by atoms with Gasteiger partial charge in [0.15, 0.2) is 6.29 Å². The van der Waals surface area contributed by atoms with Gasteiger partial charge < -0.3 is 14.4 Å². The first kappa shape index (κ1) is 17.2. The second-order valence-electron chi connectivity index (χ2n) is 6.90. The Bertz CT molecular complexity index is 865. The molecular formula is C19H23N3O4. The zero-order valence-corrected chi connectivity index (χ0v) is 14.9. The second kappa shape index (κ2) is 7.17. The van der Waals surface area contributed by atoms with Crippen LogP contribution in [0.15, 0.2) is 29.1 Å². The minimum absolute atomic E-state index is 0.0313. The van der Waals surface area contributed by atoms with Crippen molar-refractivity contribution in [3.05, 3.63) is 40.4 Å². The molecule has 138 valence electrons. The number of ether oxygens (including phenoxy) is 2. The molecule has 2 aliphatic heterocycles. The number of para-hydroxylation sites is 1. The maximum absolute atomic E-state index is 12.7. The van der Waals surface area contributed by atoms with Crippen molar-refractivity contribution in [2.45, 2.75) is 32.6 Å². The van der Waals surface area contributed by atoms with Crippen LogP contribution >= 0.6 is 0 Å². The van der Waals surface area contributed by atoms with Gasteiger partial charge in [-0.05, 0) is 31.9 Å². The molecule has 1 aromatic heterocycles. The molecule has 7 nitrogen and oxygen atoms in total. The Morgan fingerprint density at radius 3 is 2.62 bits per heavy atom. The number of hydrogen-bond donors (Lipinski definition) is 0. The fourth-order valence-electron chi connectivity index (χ4n) is 3.77. The van der Waals surface area contributed by atoms with E-state index in [-0.39, 0.29) is 24.3 Å². The molecule has 0 N–H and O–H groups in total. The van der Waals surface area contributed by atoms with Crippen LogP contribution in [0.4, 0.5) is 0 Å². The van der Waals surface area contributed by atoms with E-state index in [1.807, 2.05) is 23.1 Å². The third kappa shape index (κ3) is 3.24. The Morgan fingerprint density at radius 2 is 1.88 bits per heavy atom. The molecule has 0 saturated carbocycles. The van der Waals surface area contributed by atoms with Gasteiger partial charge in [-0.25, -0.2) is 4.98 Å². The van der Waals surface area contributed by atoms with Crippen LogP contribution in [0.2, 0.25) is 0 Å². The van der Waals surface area contributed by atoms with E-state index in [1.165, 1.54) is 4.57 Å². The maximum Gasteiger partial charge on any atom is 0.261 e. The second-order valence-corrected chi connectivity index (χ2v) is 6.90. The first-order valence-electron chi connectivity index (χ1n) is 9.10. The number of hydrogen-bond acceptors (Lipinski definition) is 5. The lowest BCUT2D eigenvalue weighted by atomic mass is 9.96. The van der Waals surface area contributed by atoms with E-state index < -0.39 is 0 Å². The summed E-state index contributed by atoms with van der Waals surface area (Å²) in [5.41, 5.74) is 0.500. The van der Waals surface area contributed by atoms with E-state index in [2.05, 4.69) is 4.98 Å². The summed E-state index contributed by atoms with van der Waals surface area (Å²) in [6, 6.07) is 7.22. The number of aromatic nitrogens is 2. The summed E-state index contributed by atoms with van der Waals surface area (Å²) in [7, 11) is 0. The first-order valence-corrected chi connectivity index (χ1v) is 9.10. The Hall–Kier alpha value is -2.25. The lowest BCUT2D eigenvalue weighted by molar-refractivity contribution is -0.137. The molecule has 2 aromatic rings. The summed E-state index contributed by atoms with van der Waals surface area (Å²) in [6.07, 6.45) is 1.60. The van der Waals surface area contributed by atoms with Gasteiger partial charge in [0.25, 0.3) is 5.56 Å². The number of carbonyl (C=O) groups excluding carboxylic acids is 1. The topological polar surface area (TPSA) is 73.7 Å². The van der Waals surface area contributed by atoms with E-state index in [0.29, 0.717) is 48.9 Å². The molecule has 0 unspecified atom stereocenters. The van der Waals surface area contributed by atoms with Crippen molar-refractivity contribution in [1.29, 1.82) is 0 Å². The Kier molecular flexibility index (Phi) is 4.74. The van der Waals surface area contributed by atoms with Crippen LogP contribution in [0.5, 0.6) is 0 Å². The summed E-state index contributed by atoms with van der Waals surface area (Å²) < 4.78 is 12.6. The molecular weight excluding hydrogens is 334 g/mol. The predicted octanol–water partition coefficient (Wildman–Crippen LogP) is 1.32. The van der Waals surface area contributed by atoms with E-state index in [9.17, 15) is 9.59 Å². The number of benzene rings is 1. The molecule has 26 heavy (non-hydrogen) atoms. The highest BCUT2D eigenvalue weighted by Crippen LogP contribution is 2.25. The van der Waals surface area contributed by atoms with Crippen molar-refractivity contribution < 1.29 is 14.3 Å². The zero-order valence-electron chi connectivity index (χ0n) is 14.9. The standard InChI is InChI=1S/C19H23N3O4/c1-13-20-16-5-3-2-4-15(16)18(24)22(13)12-17(23)21-8-6-14(7-9-21)19-25-10-11-26-19/h2-5,14,19H,6-12H2,1H3. The number of rotatable bonds is 3. The van der Waals surface area contributed by atoms with Crippen LogP contribution in [0.25, 0.3) is 10.9 Å². The fourth-order valence-corrected chi connectivity index (χ4v) is 3.77. The van der Waals surface area contributed by atoms with E-state index in [0.717, 1.165) is 12.8 Å². The molecule has 1 aromatic carbocycles. The van der Waals surface area contributed by atoms with Crippen molar-refractivity contribution in [2.24, 2.45) is 5.92 Å². The molecule has 0 bridgehead atoms. The van der Waals surface area contributed by atoms with Crippen LogP contribution < -0.4 is 5.56 Å². The van der Waals surface area contributed by atoms with Crippen molar-refractivity contribution >= 4 is 16.8 Å². The fraction of sp³-hybridized carbons (Fsp3) is 0.526. The molecule has 0 atom stereocenters. The van der Waals surface area contributed by atoms with Gasteiger partial charge in [-0.15, -0.1) is 0 Å². The zero-order chi connectivity index (χ0) is 18.1. The van der Waals surface area contributed by atoms with Crippen LogP contribution in [0.3, 0.4) is 0 Å². The van der Waals surface area contributed by atoms with Gasteiger partial charge in [0.05, 0.1) is 24.1 Å². The molecule has 1 amide bonds. The lowest BCUT2D eigenvalue weighted by Gasteiger charge is -2.34. The minimum atomic E-state index is -0.163. The summed E-state index contributed by atoms with van der Waals surface area (Å²) >= 11 is 0. The van der Waals surface area contributed by atoms with Gasteiger partial charge in [0.1, 0.15) is 12.4 Å². The highest BCUT2D eigenvalue weighted by atomic mass is 16.7. The number of aryl methyl sites for hydroxylation is 1. The van der Waals surface area contributed by atoms with Gasteiger partial charge >= 0.3 is 0 Å². The molecule has 0 spiro atoms. The van der Waals surface area contributed by atoms with Gasteiger partial charge in [0, 0.05) is 19.0 Å². The quantitative estimate of drug-likeness (QED) is 0.828. The molecule has 4 rings (SSSR count). The number of carbonyl (C=O) groups is 1. The molecule has 2 fully saturated rings. The van der Waals surface area contributed by atoms with Crippen molar-refractivity contribution in [3.63, 3.8) is 0 Å². The molecule has 7 heteroatoms.